The van der Waals surface area contributed by atoms with Crippen LogP contribution in [0.5, 0.6) is 0 Å². The maximum atomic E-state index is 8.75. The van der Waals surface area contributed by atoms with Gasteiger partial charge in [-0.2, -0.15) is 4.79 Å². The van der Waals surface area contributed by atoms with Crippen molar-refractivity contribution in [3.05, 3.63) is 28.8 Å². The molecule has 1 unspecified atom stereocenters. The van der Waals surface area contributed by atoms with Crippen molar-refractivity contribution in [1.82, 2.24) is 0 Å². The number of hydrogen-bond acceptors (Lipinski definition) is 1. The Morgan fingerprint density at radius 1 is 1.40 bits per heavy atom. The summed E-state index contributed by atoms with van der Waals surface area (Å²) in [6.45, 7) is 4.11. The van der Waals surface area contributed by atoms with Gasteiger partial charge in [-0.05, 0) is 18.4 Å². The van der Waals surface area contributed by atoms with E-state index in [0.29, 0.717) is 5.71 Å². The normalized spacial score (nSPS) is 19.1. The van der Waals surface area contributed by atoms with Crippen LogP contribution in [0.25, 0.3) is 5.53 Å². The molecule has 0 aromatic rings. The standard InChI is InChI=1S/C10H15N3.ClH.Zn/c1-3-7-8(4-2)10(13-12)6-5-9(7)11;;/h5-6,9H,3-4,11H2,1-2H3;1H;/q;;+2/p-1. The minimum atomic E-state index is -0.00884. The smallest absolute Gasteiger partial charge is 1.00 e. The summed E-state index contributed by atoms with van der Waals surface area (Å²) in [6, 6.07) is -0.00884. The molecule has 0 aliphatic heterocycles. The van der Waals surface area contributed by atoms with E-state index in [1.807, 2.05) is 13.0 Å². The van der Waals surface area contributed by atoms with Gasteiger partial charge in [0.1, 0.15) is 0 Å². The molecule has 0 bridgehead atoms. The summed E-state index contributed by atoms with van der Waals surface area (Å²) in [4.78, 5) is 3.25. The zero-order valence-corrected chi connectivity index (χ0v) is 12.9. The molecule has 0 radical (unpaired) electrons. The van der Waals surface area contributed by atoms with Gasteiger partial charge in [-0.1, -0.05) is 19.9 Å². The van der Waals surface area contributed by atoms with Crippen LogP contribution in [-0.2, 0) is 19.5 Å². The van der Waals surface area contributed by atoms with Gasteiger partial charge >= 0.3 is 25.2 Å². The van der Waals surface area contributed by atoms with Crippen molar-refractivity contribution in [3.63, 3.8) is 0 Å². The van der Waals surface area contributed by atoms with E-state index in [4.69, 9.17) is 11.3 Å². The summed E-state index contributed by atoms with van der Waals surface area (Å²) in [5.41, 5.74) is 17.6. The molecule has 0 saturated carbocycles. The van der Waals surface area contributed by atoms with Gasteiger partial charge in [-0.3, -0.25) is 0 Å². The van der Waals surface area contributed by atoms with Crippen LogP contribution in [0.15, 0.2) is 23.3 Å². The van der Waals surface area contributed by atoms with E-state index in [1.165, 1.54) is 5.57 Å². The number of nitrogens with two attached hydrogens (primary N) is 1. The van der Waals surface area contributed by atoms with Crippen LogP contribution in [0.4, 0.5) is 0 Å². The van der Waals surface area contributed by atoms with Crippen molar-refractivity contribution < 1.29 is 36.7 Å². The van der Waals surface area contributed by atoms with Crippen molar-refractivity contribution in [1.29, 1.82) is 0 Å². The fourth-order valence-corrected chi connectivity index (χ4v) is 1.73. The number of rotatable bonds is 2. The predicted octanol–water partition coefficient (Wildman–Crippen LogP) is -1.33. The largest absolute Gasteiger partial charge is 2.00 e. The Morgan fingerprint density at radius 3 is 2.40 bits per heavy atom. The molecule has 0 saturated heterocycles. The van der Waals surface area contributed by atoms with E-state index >= 15 is 0 Å². The molecule has 1 atom stereocenters. The summed E-state index contributed by atoms with van der Waals surface area (Å²) < 4.78 is 0. The van der Waals surface area contributed by atoms with E-state index in [1.54, 1.807) is 6.08 Å². The molecule has 0 heterocycles. The monoisotopic (exact) mass is 276 g/mol. The Balaban J connectivity index is 0. The van der Waals surface area contributed by atoms with Gasteiger partial charge < -0.3 is 23.7 Å². The van der Waals surface area contributed by atoms with Crippen molar-refractivity contribution in [2.24, 2.45) is 5.73 Å². The minimum Gasteiger partial charge on any atom is -1.00 e. The van der Waals surface area contributed by atoms with Gasteiger partial charge in [0.25, 0.3) is 0 Å². The average molecular weight is 278 g/mol. The molecular weight excluding hydrogens is 263 g/mol. The molecular formula is C10H15ClN3Zn+. The second-order valence-electron chi connectivity index (χ2n) is 3.08. The van der Waals surface area contributed by atoms with Crippen LogP contribution in [0.3, 0.4) is 0 Å². The van der Waals surface area contributed by atoms with Gasteiger partial charge in [0.15, 0.2) is 0 Å². The quantitative estimate of drug-likeness (QED) is 0.380. The maximum absolute atomic E-state index is 8.75. The van der Waals surface area contributed by atoms with Gasteiger partial charge in [-0.15, -0.1) is 0 Å². The molecule has 2 N–H and O–H groups in total. The molecule has 3 nitrogen and oxygen atoms in total. The zero-order valence-electron chi connectivity index (χ0n) is 9.20. The zero-order chi connectivity index (χ0) is 9.84. The molecule has 1 aliphatic carbocycles. The molecule has 5 heteroatoms. The fourth-order valence-electron chi connectivity index (χ4n) is 1.73. The van der Waals surface area contributed by atoms with Gasteiger partial charge in [0.2, 0.25) is 0 Å². The van der Waals surface area contributed by atoms with Gasteiger partial charge in [0.05, 0.1) is 0 Å². The predicted molar refractivity (Wildman–Crippen MR) is 53.3 cm³/mol. The van der Waals surface area contributed by atoms with E-state index in [0.717, 1.165) is 18.4 Å². The summed E-state index contributed by atoms with van der Waals surface area (Å²) in [7, 11) is 0. The van der Waals surface area contributed by atoms with Crippen molar-refractivity contribution in [2.75, 3.05) is 0 Å². The first-order valence-corrected chi connectivity index (χ1v) is 4.62. The Morgan fingerprint density at radius 2 is 2.00 bits per heavy atom. The molecule has 1 aliphatic rings. The number of halogens is 1. The Kier molecular flexibility index (Phi) is 9.09. The molecule has 0 aromatic carbocycles. The Labute approximate surface area is 110 Å². The first kappa shape index (κ1) is 17.1. The second-order valence-corrected chi connectivity index (χ2v) is 3.08. The topological polar surface area (TPSA) is 62.4 Å². The summed E-state index contributed by atoms with van der Waals surface area (Å²) in [5, 5.41) is 0. The second kappa shape index (κ2) is 7.95. The van der Waals surface area contributed by atoms with Gasteiger partial charge in [0, 0.05) is 17.7 Å². The van der Waals surface area contributed by atoms with Crippen molar-refractivity contribution in [3.8, 4) is 0 Å². The van der Waals surface area contributed by atoms with Crippen LogP contribution in [0, 0.1) is 0 Å². The van der Waals surface area contributed by atoms with Crippen LogP contribution in [0.2, 0.25) is 0 Å². The molecule has 1 rings (SSSR count). The summed E-state index contributed by atoms with van der Waals surface area (Å²) in [6.07, 6.45) is 5.42. The van der Waals surface area contributed by atoms with E-state index in [9.17, 15) is 0 Å². The van der Waals surface area contributed by atoms with Crippen molar-refractivity contribution in [2.45, 2.75) is 32.7 Å². The third kappa shape index (κ3) is 3.66. The van der Waals surface area contributed by atoms with Gasteiger partial charge in [-0.25, -0.2) is 0 Å². The van der Waals surface area contributed by atoms with Crippen LogP contribution >= 0.6 is 0 Å². The Hall–Kier alpha value is -0.267. The third-order valence-electron chi connectivity index (χ3n) is 2.40. The average Bonchev–Trinajstić information content (AvgIpc) is 2.17. The van der Waals surface area contributed by atoms with Crippen molar-refractivity contribution >= 4 is 5.71 Å². The van der Waals surface area contributed by atoms with E-state index < -0.39 is 0 Å². The molecule has 15 heavy (non-hydrogen) atoms. The van der Waals surface area contributed by atoms with Crippen LogP contribution < -0.4 is 18.1 Å². The number of allylic oxidation sites excluding steroid dienone is 2. The number of nitrogens with zero attached hydrogens (tertiary/aromatic N) is 2. The fraction of sp³-hybridized carbons (Fsp3) is 0.500. The molecule has 0 spiro atoms. The summed E-state index contributed by atoms with van der Waals surface area (Å²) in [5.74, 6) is 0. The van der Waals surface area contributed by atoms with E-state index in [-0.39, 0.29) is 37.9 Å². The molecule has 0 fully saturated rings. The first-order valence-electron chi connectivity index (χ1n) is 4.62. The SMILES string of the molecule is CCC1=C(CC)C(N)C=CC1=[N+]=[N-].[Cl-].[Zn+2]. The molecule has 0 amide bonds. The third-order valence-corrected chi connectivity index (χ3v) is 2.40. The first-order chi connectivity index (χ1) is 6.24. The summed E-state index contributed by atoms with van der Waals surface area (Å²) >= 11 is 0. The number of hydrogen-bond donors (Lipinski definition) is 1. The maximum Gasteiger partial charge on any atom is 2.00 e. The minimum absolute atomic E-state index is 0. The van der Waals surface area contributed by atoms with Crippen LogP contribution in [0.1, 0.15) is 26.7 Å². The molecule has 0 aromatic heterocycles. The van der Waals surface area contributed by atoms with E-state index in [2.05, 4.69) is 11.7 Å². The Bertz CT molecular complexity index is 317. The molecule has 78 valence electrons. The van der Waals surface area contributed by atoms with Crippen LogP contribution in [-0.4, -0.2) is 16.5 Å².